The van der Waals surface area contributed by atoms with Gasteiger partial charge in [-0.15, -0.1) is 0 Å². The van der Waals surface area contributed by atoms with Crippen LogP contribution in [0.4, 0.5) is 10.1 Å². The minimum absolute atomic E-state index is 0.110. The average Bonchev–Trinajstić information content (AvgIpc) is 2.73. The number of hydrogen-bond donors (Lipinski definition) is 1. The third-order valence-corrected chi connectivity index (χ3v) is 4.61. The summed E-state index contributed by atoms with van der Waals surface area (Å²) in [5.74, 6) is -0.462. The predicted molar refractivity (Wildman–Crippen MR) is 103 cm³/mol. The van der Waals surface area contributed by atoms with Gasteiger partial charge in [-0.1, -0.05) is 18.2 Å². The number of benzene rings is 2. The fraction of sp³-hybridized carbons (Fsp3) is 0.350. The topological polar surface area (TPSA) is 93.9 Å². The molecule has 29 heavy (non-hydrogen) atoms. The summed E-state index contributed by atoms with van der Waals surface area (Å²) in [5.41, 5.74) is 0.660. The Morgan fingerprint density at radius 3 is 2.72 bits per heavy atom. The lowest BCUT2D eigenvalue weighted by molar-refractivity contribution is -0.384. The summed E-state index contributed by atoms with van der Waals surface area (Å²) in [6.45, 7) is 2.52. The molecule has 3 rings (SSSR count). The molecular formula is C20H22FN3O5. The van der Waals surface area contributed by atoms with Crippen molar-refractivity contribution in [3.63, 3.8) is 0 Å². The maximum Gasteiger partial charge on any atom is 0.273 e. The van der Waals surface area contributed by atoms with Crippen molar-refractivity contribution in [1.29, 1.82) is 0 Å². The summed E-state index contributed by atoms with van der Waals surface area (Å²) in [6.07, 6.45) is 0. The first-order valence-corrected chi connectivity index (χ1v) is 9.24. The average molecular weight is 403 g/mol. The van der Waals surface area contributed by atoms with Gasteiger partial charge >= 0.3 is 0 Å². The Balaban J connectivity index is 1.59. The van der Waals surface area contributed by atoms with Crippen LogP contribution in [0.5, 0.6) is 5.75 Å². The van der Waals surface area contributed by atoms with Crippen molar-refractivity contribution >= 4 is 11.6 Å². The Morgan fingerprint density at radius 1 is 1.24 bits per heavy atom. The number of rotatable bonds is 8. The van der Waals surface area contributed by atoms with Crippen LogP contribution < -0.4 is 10.1 Å². The van der Waals surface area contributed by atoms with E-state index < -0.39 is 4.92 Å². The first-order chi connectivity index (χ1) is 14.0. The van der Waals surface area contributed by atoms with Gasteiger partial charge in [0.2, 0.25) is 0 Å². The van der Waals surface area contributed by atoms with Gasteiger partial charge < -0.3 is 14.8 Å². The molecule has 2 aromatic carbocycles. The number of ether oxygens (including phenoxy) is 2. The Hall–Kier alpha value is -3.04. The molecule has 0 aliphatic carbocycles. The molecule has 1 saturated heterocycles. The van der Waals surface area contributed by atoms with Crippen molar-refractivity contribution in [2.24, 2.45) is 0 Å². The van der Waals surface area contributed by atoms with Crippen molar-refractivity contribution < 1.29 is 23.6 Å². The number of nitrogens with zero attached hydrogens (tertiary/aromatic N) is 2. The summed E-state index contributed by atoms with van der Waals surface area (Å²) < 4.78 is 24.4. The van der Waals surface area contributed by atoms with E-state index in [1.54, 1.807) is 12.1 Å². The lowest BCUT2D eigenvalue weighted by Gasteiger charge is -2.35. The first kappa shape index (κ1) is 20.7. The van der Waals surface area contributed by atoms with E-state index in [4.69, 9.17) is 9.47 Å². The van der Waals surface area contributed by atoms with Crippen LogP contribution in [-0.2, 0) is 9.53 Å². The zero-order valence-corrected chi connectivity index (χ0v) is 15.8. The fourth-order valence-electron chi connectivity index (χ4n) is 3.16. The number of amides is 1. The van der Waals surface area contributed by atoms with Gasteiger partial charge in [0.25, 0.3) is 11.6 Å². The van der Waals surface area contributed by atoms with Crippen molar-refractivity contribution in [3.05, 3.63) is 70.0 Å². The molecule has 0 saturated carbocycles. The lowest BCUT2D eigenvalue weighted by atomic mass is 10.0. The summed E-state index contributed by atoms with van der Waals surface area (Å²) in [4.78, 5) is 24.7. The van der Waals surface area contributed by atoms with Crippen molar-refractivity contribution in [2.45, 2.75) is 6.04 Å². The van der Waals surface area contributed by atoms with E-state index in [1.165, 1.54) is 30.3 Å². The largest absolute Gasteiger partial charge is 0.484 e. The van der Waals surface area contributed by atoms with Gasteiger partial charge in [0.05, 0.1) is 30.2 Å². The highest BCUT2D eigenvalue weighted by Crippen LogP contribution is 2.22. The van der Waals surface area contributed by atoms with Gasteiger partial charge in [-0.2, -0.15) is 0 Å². The van der Waals surface area contributed by atoms with Crippen LogP contribution in [0.25, 0.3) is 0 Å². The van der Waals surface area contributed by atoms with Crippen molar-refractivity contribution in [3.8, 4) is 5.75 Å². The number of hydrogen-bond acceptors (Lipinski definition) is 6. The van der Waals surface area contributed by atoms with Crippen LogP contribution in [-0.4, -0.2) is 55.2 Å². The molecule has 1 aliphatic heterocycles. The molecule has 0 radical (unpaired) electrons. The van der Waals surface area contributed by atoms with Gasteiger partial charge in [-0.3, -0.25) is 19.8 Å². The quantitative estimate of drug-likeness (QED) is 0.537. The zero-order chi connectivity index (χ0) is 20.6. The molecule has 1 amide bonds. The van der Waals surface area contributed by atoms with Crippen LogP contribution in [0.15, 0.2) is 48.5 Å². The number of carbonyl (C=O) groups is 1. The second-order valence-electron chi connectivity index (χ2n) is 6.57. The van der Waals surface area contributed by atoms with Gasteiger partial charge in [-0.05, 0) is 23.8 Å². The first-order valence-electron chi connectivity index (χ1n) is 9.24. The van der Waals surface area contributed by atoms with Crippen LogP contribution in [0.1, 0.15) is 11.6 Å². The monoisotopic (exact) mass is 403 g/mol. The molecule has 1 aliphatic rings. The zero-order valence-electron chi connectivity index (χ0n) is 15.8. The van der Waals surface area contributed by atoms with Crippen LogP contribution in [0.3, 0.4) is 0 Å². The second-order valence-corrected chi connectivity index (χ2v) is 6.57. The van der Waals surface area contributed by atoms with Crippen molar-refractivity contribution in [1.82, 2.24) is 10.2 Å². The lowest BCUT2D eigenvalue weighted by Crippen LogP contribution is -2.44. The highest BCUT2D eigenvalue weighted by molar-refractivity contribution is 5.77. The van der Waals surface area contributed by atoms with Gasteiger partial charge in [0, 0.05) is 25.7 Å². The normalized spacial score (nSPS) is 15.5. The molecule has 0 aromatic heterocycles. The third-order valence-electron chi connectivity index (χ3n) is 4.61. The minimum Gasteiger partial charge on any atom is -0.484 e. The molecule has 154 valence electrons. The SMILES string of the molecule is O=C(COc1cccc([N+](=O)[O-])c1)NCC(c1cccc(F)c1)N1CCOCC1. The standard InChI is InChI=1S/C20H22FN3O5/c21-16-4-1-3-15(11-16)19(23-7-9-28-10-8-23)13-22-20(25)14-29-18-6-2-5-17(12-18)24(26)27/h1-6,11-12,19H,7-10,13-14H2,(H,22,25). The Kier molecular flexibility index (Phi) is 7.09. The molecular weight excluding hydrogens is 381 g/mol. The van der Waals surface area contributed by atoms with E-state index in [1.807, 2.05) is 6.07 Å². The van der Waals surface area contributed by atoms with Gasteiger partial charge in [0.15, 0.2) is 6.61 Å². The predicted octanol–water partition coefficient (Wildman–Crippen LogP) is 2.30. The summed E-state index contributed by atoms with van der Waals surface area (Å²) in [5, 5.41) is 13.6. The second kappa shape index (κ2) is 9.94. The molecule has 2 aromatic rings. The van der Waals surface area contributed by atoms with E-state index in [-0.39, 0.29) is 42.4 Å². The Labute approximate surface area is 167 Å². The van der Waals surface area contributed by atoms with E-state index >= 15 is 0 Å². The third kappa shape index (κ3) is 5.97. The summed E-state index contributed by atoms with van der Waals surface area (Å²) >= 11 is 0. The molecule has 1 unspecified atom stereocenters. The van der Waals surface area contributed by atoms with Gasteiger partial charge in [0.1, 0.15) is 11.6 Å². The minimum atomic E-state index is -0.529. The number of carbonyl (C=O) groups excluding carboxylic acids is 1. The molecule has 1 atom stereocenters. The number of nitro groups is 1. The molecule has 9 heteroatoms. The number of halogens is 1. The van der Waals surface area contributed by atoms with Crippen LogP contribution >= 0.6 is 0 Å². The summed E-state index contributed by atoms with van der Waals surface area (Å²) in [7, 11) is 0. The Bertz CT molecular complexity index is 858. The van der Waals surface area contributed by atoms with E-state index in [0.717, 1.165) is 5.56 Å². The summed E-state index contributed by atoms with van der Waals surface area (Å²) in [6, 6.07) is 11.8. The number of nitro benzene ring substituents is 1. The highest BCUT2D eigenvalue weighted by Gasteiger charge is 2.23. The molecule has 1 heterocycles. The maximum atomic E-state index is 13.7. The van der Waals surface area contributed by atoms with E-state index in [2.05, 4.69) is 10.2 Å². The molecule has 1 fully saturated rings. The Morgan fingerprint density at radius 2 is 2.00 bits per heavy atom. The number of non-ortho nitro benzene ring substituents is 1. The molecule has 0 bridgehead atoms. The smallest absolute Gasteiger partial charge is 0.273 e. The molecule has 1 N–H and O–H groups in total. The molecule has 8 nitrogen and oxygen atoms in total. The van der Waals surface area contributed by atoms with Gasteiger partial charge in [-0.25, -0.2) is 4.39 Å². The van der Waals surface area contributed by atoms with E-state index in [0.29, 0.717) is 26.3 Å². The molecule has 0 spiro atoms. The van der Waals surface area contributed by atoms with E-state index in [9.17, 15) is 19.3 Å². The number of nitrogens with one attached hydrogen (secondary N) is 1. The van der Waals surface area contributed by atoms with Crippen molar-refractivity contribution in [2.75, 3.05) is 39.5 Å². The fourth-order valence-corrected chi connectivity index (χ4v) is 3.16. The van der Waals surface area contributed by atoms with Crippen LogP contribution in [0.2, 0.25) is 0 Å². The maximum absolute atomic E-state index is 13.7. The van der Waals surface area contributed by atoms with Crippen LogP contribution in [0, 0.1) is 15.9 Å². The highest BCUT2D eigenvalue weighted by atomic mass is 19.1. The number of morpholine rings is 1.